The largest absolute Gasteiger partial charge is 0.460 e. The quantitative estimate of drug-likeness (QED) is 0.520. The number of carbonyl (C=O) groups excluding carboxylic acids is 2. The molecule has 2 aromatic carbocycles. The van der Waals surface area contributed by atoms with Gasteiger partial charge in [0.1, 0.15) is 12.2 Å². The van der Waals surface area contributed by atoms with Crippen LogP contribution in [0.4, 0.5) is 0 Å². The lowest BCUT2D eigenvalue weighted by molar-refractivity contribution is 0.0436. The van der Waals surface area contributed by atoms with Crippen molar-refractivity contribution in [2.75, 3.05) is 6.61 Å². The summed E-state index contributed by atoms with van der Waals surface area (Å²) in [6, 6.07) is 15.2. The minimum Gasteiger partial charge on any atom is -0.460 e. The average Bonchev–Trinajstić information content (AvgIpc) is 3.10. The minimum atomic E-state index is -0.674. The van der Waals surface area contributed by atoms with Crippen molar-refractivity contribution in [3.63, 3.8) is 0 Å². The van der Waals surface area contributed by atoms with Crippen molar-refractivity contribution >= 4 is 33.8 Å². The van der Waals surface area contributed by atoms with Gasteiger partial charge in [0.25, 0.3) is 0 Å². The zero-order chi connectivity index (χ0) is 20.4. The Hall–Kier alpha value is -3.87. The molecule has 0 amide bonds. The lowest BCUT2D eigenvalue weighted by Crippen LogP contribution is -2.14. The van der Waals surface area contributed by atoms with Gasteiger partial charge in [-0.05, 0) is 19.1 Å². The van der Waals surface area contributed by atoms with Crippen LogP contribution in [0.5, 0.6) is 0 Å². The Morgan fingerprint density at radius 1 is 0.966 bits per heavy atom. The summed E-state index contributed by atoms with van der Waals surface area (Å²) in [7, 11) is 0. The van der Waals surface area contributed by atoms with E-state index in [0.29, 0.717) is 27.4 Å². The maximum Gasteiger partial charge on any atom is 0.374 e. The van der Waals surface area contributed by atoms with Crippen LogP contribution in [0.15, 0.2) is 63.8 Å². The summed E-state index contributed by atoms with van der Waals surface area (Å²) in [6.45, 7) is 1.68. The molecular weight excluding hydrogens is 374 g/mol. The first-order chi connectivity index (χ1) is 14.1. The van der Waals surface area contributed by atoms with E-state index in [9.17, 15) is 14.4 Å². The number of para-hydroxylation sites is 2. The van der Waals surface area contributed by atoms with E-state index < -0.39 is 17.5 Å². The monoisotopic (exact) mass is 391 g/mol. The molecular formula is C22H17NO6. The minimum absolute atomic E-state index is 0.00313. The first-order valence-corrected chi connectivity index (χ1v) is 9.05. The maximum absolute atomic E-state index is 12.7. The third kappa shape index (κ3) is 3.50. The molecule has 0 aliphatic carbocycles. The van der Waals surface area contributed by atoms with Crippen LogP contribution in [0.3, 0.4) is 0 Å². The summed E-state index contributed by atoms with van der Waals surface area (Å²) in [6.07, 6.45) is 0. The molecule has 7 nitrogen and oxygen atoms in total. The van der Waals surface area contributed by atoms with Gasteiger partial charge < -0.3 is 18.9 Å². The van der Waals surface area contributed by atoms with Crippen LogP contribution in [0.1, 0.15) is 33.4 Å². The Bertz CT molecular complexity index is 1280. The standard InChI is InChI=1S/C22H17NO6/c1-2-27-22(26)20-16(14-8-4-6-10-18(14)29-20)12-28-21(25)15-11-19(24)23-17-9-5-3-7-13(15)17/h3-11H,2,12H2,1H3,(H,23,24). The summed E-state index contributed by atoms with van der Waals surface area (Å²) in [5, 5.41) is 1.22. The van der Waals surface area contributed by atoms with E-state index in [4.69, 9.17) is 13.9 Å². The third-order valence-electron chi connectivity index (χ3n) is 4.48. The number of H-pyrrole nitrogens is 1. The third-order valence-corrected chi connectivity index (χ3v) is 4.48. The Morgan fingerprint density at radius 2 is 1.69 bits per heavy atom. The molecule has 0 radical (unpaired) electrons. The van der Waals surface area contributed by atoms with Gasteiger partial charge in [-0.1, -0.05) is 36.4 Å². The van der Waals surface area contributed by atoms with Crippen molar-refractivity contribution in [1.29, 1.82) is 0 Å². The zero-order valence-electron chi connectivity index (χ0n) is 15.6. The summed E-state index contributed by atoms with van der Waals surface area (Å²) in [5.74, 6) is -1.31. The topological polar surface area (TPSA) is 98.6 Å². The number of hydrogen-bond acceptors (Lipinski definition) is 6. The van der Waals surface area contributed by atoms with Crippen LogP contribution in [-0.4, -0.2) is 23.5 Å². The fraction of sp³-hybridized carbons (Fsp3) is 0.136. The van der Waals surface area contributed by atoms with Crippen molar-refractivity contribution in [3.05, 3.63) is 81.8 Å². The number of fused-ring (bicyclic) bond motifs is 2. The Balaban J connectivity index is 1.68. The molecule has 0 bridgehead atoms. The van der Waals surface area contributed by atoms with Crippen LogP contribution in [0.2, 0.25) is 0 Å². The number of aromatic nitrogens is 1. The average molecular weight is 391 g/mol. The van der Waals surface area contributed by atoms with Crippen LogP contribution in [-0.2, 0) is 16.1 Å². The summed E-state index contributed by atoms with van der Waals surface area (Å²) in [4.78, 5) is 39.6. The van der Waals surface area contributed by atoms with Gasteiger partial charge in [0, 0.05) is 22.4 Å². The van der Waals surface area contributed by atoms with Crippen LogP contribution < -0.4 is 5.56 Å². The molecule has 0 aliphatic heterocycles. The van der Waals surface area contributed by atoms with Crippen molar-refractivity contribution in [2.45, 2.75) is 13.5 Å². The van der Waals surface area contributed by atoms with E-state index >= 15 is 0 Å². The lowest BCUT2D eigenvalue weighted by atomic mass is 10.1. The molecule has 0 saturated carbocycles. The molecule has 1 N–H and O–H groups in total. The van der Waals surface area contributed by atoms with Crippen LogP contribution >= 0.6 is 0 Å². The molecule has 0 atom stereocenters. The van der Waals surface area contributed by atoms with Gasteiger partial charge >= 0.3 is 11.9 Å². The van der Waals surface area contributed by atoms with Crippen molar-refractivity contribution in [1.82, 2.24) is 4.98 Å². The highest BCUT2D eigenvalue weighted by molar-refractivity contribution is 6.03. The van der Waals surface area contributed by atoms with Gasteiger partial charge in [-0.15, -0.1) is 0 Å². The molecule has 4 aromatic rings. The number of aromatic amines is 1. The fourth-order valence-electron chi connectivity index (χ4n) is 3.19. The van der Waals surface area contributed by atoms with Gasteiger partial charge in [-0.3, -0.25) is 4.79 Å². The SMILES string of the molecule is CCOC(=O)c1oc2ccccc2c1COC(=O)c1cc(=O)[nH]c2ccccc12. The van der Waals surface area contributed by atoms with E-state index in [1.165, 1.54) is 6.07 Å². The van der Waals surface area contributed by atoms with E-state index in [2.05, 4.69) is 4.98 Å². The fourth-order valence-corrected chi connectivity index (χ4v) is 3.19. The van der Waals surface area contributed by atoms with Gasteiger partial charge in [-0.25, -0.2) is 9.59 Å². The van der Waals surface area contributed by atoms with Crippen LogP contribution in [0, 0.1) is 0 Å². The summed E-state index contributed by atoms with van der Waals surface area (Å²) in [5.41, 5.74) is 1.18. The van der Waals surface area contributed by atoms with E-state index in [1.54, 1.807) is 55.5 Å². The second-order valence-electron chi connectivity index (χ2n) is 6.30. The highest BCUT2D eigenvalue weighted by Gasteiger charge is 2.23. The molecule has 146 valence electrons. The molecule has 4 rings (SSSR count). The number of esters is 2. The van der Waals surface area contributed by atoms with Crippen LogP contribution in [0.25, 0.3) is 21.9 Å². The van der Waals surface area contributed by atoms with E-state index in [0.717, 1.165) is 0 Å². The number of benzene rings is 2. The first-order valence-electron chi connectivity index (χ1n) is 9.05. The Morgan fingerprint density at radius 3 is 2.48 bits per heavy atom. The highest BCUT2D eigenvalue weighted by atomic mass is 16.5. The predicted octanol–water partition coefficient (Wildman–Crippen LogP) is 3.81. The van der Waals surface area contributed by atoms with Crippen molar-refractivity contribution in [2.24, 2.45) is 0 Å². The first kappa shape index (κ1) is 18.5. The molecule has 2 aromatic heterocycles. The van der Waals surface area contributed by atoms with Crippen molar-refractivity contribution in [3.8, 4) is 0 Å². The van der Waals surface area contributed by atoms with E-state index in [1.807, 2.05) is 0 Å². The molecule has 0 unspecified atom stereocenters. The number of carbonyl (C=O) groups is 2. The Kier molecular flexibility index (Phi) is 4.87. The summed E-state index contributed by atoms with van der Waals surface area (Å²) >= 11 is 0. The smallest absolute Gasteiger partial charge is 0.374 e. The normalized spacial score (nSPS) is 10.9. The zero-order valence-corrected chi connectivity index (χ0v) is 15.6. The summed E-state index contributed by atoms with van der Waals surface area (Å²) < 4.78 is 16.1. The molecule has 29 heavy (non-hydrogen) atoms. The number of rotatable bonds is 5. The second-order valence-corrected chi connectivity index (χ2v) is 6.30. The second kappa shape index (κ2) is 7.63. The number of ether oxygens (including phenoxy) is 2. The highest BCUT2D eigenvalue weighted by Crippen LogP contribution is 2.28. The number of hydrogen-bond donors (Lipinski definition) is 1. The van der Waals surface area contributed by atoms with Gasteiger partial charge in [0.2, 0.25) is 11.3 Å². The molecule has 0 saturated heterocycles. The molecule has 2 heterocycles. The molecule has 7 heteroatoms. The van der Waals surface area contributed by atoms with Crippen molar-refractivity contribution < 1.29 is 23.5 Å². The number of pyridine rings is 1. The Labute approximate surface area is 164 Å². The van der Waals surface area contributed by atoms with Gasteiger partial charge in [0.05, 0.1) is 17.7 Å². The number of nitrogens with one attached hydrogen (secondary N) is 1. The van der Waals surface area contributed by atoms with Gasteiger partial charge in [-0.2, -0.15) is 0 Å². The maximum atomic E-state index is 12.7. The molecule has 0 aliphatic rings. The lowest BCUT2D eigenvalue weighted by Gasteiger charge is -2.08. The molecule has 0 spiro atoms. The predicted molar refractivity (Wildman–Crippen MR) is 106 cm³/mol. The van der Waals surface area contributed by atoms with Gasteiger partial charge in [0.15, 0.2) is 0 Å². The molecule has 0 fully saturated rings. The number of furan rings is 1. The van der Waals surface area contributed by atoms with E-state index in [-0.39, 0.29) is 24.5 Å².